The van der Waals surface area contributed by atoms with Gasteiger partial charge >= 0.3 is 5.97 Å². The van der Waals surface area contributed by atoms with Crippen LogP contribution in [0.15, 0.2) is 0 Å². The Hall–Kier alpha value is -1.57. The lowest BCUT2D eigenvalue weighted by atomic mass is 10.2. The Morgan fingerprint density at radius 1 is 1.47 bits per heavy atom. The van der Waals surface area contributed by atoms with Crippen molar-refractivity contribution in [1.82, 2.24) is 5.32 Å². The molecule has 1 atom stereocenters. The molecule has 1 amide bonds. The van der Waals surface area contributed by atoms with Crippen molar-refractivity contribution in [2.24, 2.45) is 0 Å². The zero-order valence-electron chi connectivity index (χ0n) is 9.46. The molecule has 0 aliphatic carbocycles. The molecular formula is C10H16N2O3. The summed E-state index contributed by atoms with van der Waals surface area (Å²) in [5, 5.41) is 10.6. The van der Waals surface area contributed by atoms with Crippen LogP contribution in [0.3, 0.4) is 0 Å². The molecule has 0 bridgehead atoms. The minimum Gasteiger partial charge on any atom is -0.458 e. The van der Waals surface area contributed by atoms with E-state index in [2.05, 4.69) is 5.32 Å². The van der Waals surface area contributed by atoms with Gasteiger partial charge in [0.1, 0.15) is 18.1 Å². The molecule has 15 heavy (non-hydrogen) atoms. The Morgan fingerprint density at radius 3 is 2.40 bits per heavy atom. The fraction of sp³-hybridized carbons (Fsp3) is 0.700. The minimum atomic E-state index is -0.731. The number of hydrogen-bond donors (Lipinski definition) is 1. The van der Waals surface area contributed by atoms with Gasteiger partial charge in [-0.15, -0.1) is 0 Å². The van der Waals surface area contributed by atoms with Crippen molar-refractivity contribution < 1.29 is 14.3 Å². The van der Waals surface area contributed by atoms with E-state index in [4.69, 9.17) is 10.00 Å². The molecule has 0 unspecified atom stereocenters. The lowest BCUT2D eigenvalue weighted by Gasteiger charge is -2.22. The first-order valence-corrected chi connectivity index (χ1v) is 4.65. The van der Waals surface area contributed by atoms with Gasteiger partial charge in [-0.2, -0.15) is 5.26 Å². The fourth-order valence-corrected chi connectivity index (χ4v) is 0.813. The van der Waals surface area contributed by atoms with Crippen LogP contribution in [0, 0.1) is 11.3 Å². The summed E-state index contributed by atoms with van der Waals surface area (Å²) in [4.78, 5) is 22.4. The Bertz CT molecular complexity index is 286. The lowest BCUT2D eigenvalue weighted by Crippen LogP contribution is -2.42. The summed E-state index contributed by atoms with van der Waals surface area (Å²) >= 11 is 0. The quantitative estimate of drug-likeness (QED) is 0.700. The van der Waals surface area contributed by atoms with E-state index in [9.17, 15) is 9.59 Å². The van der Waals surface area contributed by atoms with E-state index in [0.29, 0.717) is 0 Å². The summed E-state index contributed by atoms with van der Waals surface area (Å²) in [6.45, 7) is 6.75. The van der Waals surface area contributed by atoms with E-state index < -0.39 is 23.5 Å². The monoisotopic (exact) mass is 212 g/mol. The number of amides is 1. The Balaban J connectivity index is 4.12. The van der Waals surface area contributed by atoms with Gasteiger partial charge in [0.2, 0.25) is 5.91 Å². The Morgan fingerprint density at radius 2 is 2.00 bits per heavy atom. The number of hydrogen-bond acceptors (Lipinski definition) is 4. The summed E-state index contributed by atoms with van der Waals surface area (Å²) in [5.41, 5.74) is -0.578. The highest BCUT2D eigenvalue weighted by molar-refractivity contribution is 5.85. The predicted molar refractivity (Wildman–Crippen MR) is 53.7 cm³/mol. The molecule has 0 spiro atoms. The number of nitrogens with one attached hydrogen (secondary N) is 1. The van der Waals surface area contributed by atoms with Gasteiger partial charge in [0.15, 0.2) is 0 Å². The molecule has 1 N–H and O–H groups in total. The molecule has 0 radical (unpaired) electrons. The summed E-state index contributed by atoms with van der Waals surface area (Å²) in [6, 6.07) is 0.964. The average Bonchev–Trinajstić information content (AvgIpc) is 2.00. The van der Waals surface area contributed by atoms with Crippen molar-refractivity contribution in [3.05, 3.63) is 0 Å². The van der Waals surface area contributed by atoms with E-state index >= 15 is 0 Å². The largest absolute Gasteiger partial charge is 0.458 e. The molecule has 5 nitrogen and oxygen atoms in total. The van der Waals surface area contributed by atoms with Gasteiger partial charge in [0, 0.05) is 0 Å². The summed E-state index contributed by atoms with van der Waals surface area (Å²) in [6.07, 6.45) is -0.257. The molecule has 0 fully saturated rings. The van der Waals surface area contributed by atoms with Crippen molar-refractivity contribution >= 4 is 11.9 Å². The Kier molecular flexibility index (Phi) is 4.79. The SMILES string of the molecule is C[C@H](NC(=O)CC#N)C(=O)OC(C)(C)C. The number of nitrogens with zero attached hydrogens (tertiary/aromatic N) is 1. The van der Waals surface area contributed by atoms with Gasteiger partial charge in [0.25, 0.3) is 0 Å². The third-order valence-electron chi connectivity index (χ3n) is 1.38. The Labute approximate surface area is 89.4 Å². The van der Waals surface area contributed by atoms with Gasteiger partial charge < -0.3 is 10.1 Å². The smallest absolute Gasteiger partial charge is 0.328 e. The molecule has 0 aliphatic rings. The minimum absolute atomic E-state index is 0.257. The maximum Gasteiger partial charge on any atom is 0.328 e. The van der Waals surface area contributed by atoms with Crippen LogP contribution >= 0.6 is 0 Å². The van der Waals surface area contributed by atoms with Crippen LogP contribution in [0.2, 0.25) is 0 Å². The highest BCUT2D eigenvalue weighted by Crippen LogP contribution is 2.08. The van der Waals surface area contributed by atoms with Gasteiger partial charge in [-0.3, -0.25) is 4.79 Å². The zero-order chi connectivity index (χ0) is 12.1. The maximum atomic E-state index is 11.4. The maximum absolute atomic E-state index is 11.4. The van der Waals surface area contributed by atoms with Crippen LogP contribution in [0.1, 0.15) is 34.1 Å². The molecule has 84 valence electrons. The van der Waals surface area contributed by atoms with E-state index in [0.717, 1.165) is 0 Å². The number of rotatable bonds is 3. The van der Waals surface area contributed by atoms with Crippen LogP contribution in [-0.2, 0) is 14.3 Å². The van der Waals surface area contributed by atoms with Crippen LogP contribution < -0.4 is 5.32 Å². The molecule has 0 aromatic carbocycles. The van der Waals surface area contributed by atoms with Crippen LogP contribution in [-0.4, -0.2) is 23.5 Å². The second-order valence-electron chi connectivity index (χ2n) is 4.16. The van der Waals surface area contributed by atoms with Gasteiger partial charge in [0.05, 0.1) is 6.07 Å². The second-order valence-corrected chi connectivity index (χ2v) is 4.16. The highest BCUT2D eigenvalue weighted by atomic mass is 16.6. The van der Waals surface area contributed by atoms with E-state index in [-0.39, 0.29) is 6.42 Å². The standard InChI is InChI=1S/C10H16N2O3/c1-7(12-8(13)5-6-11)9(14)15-10(2,3)4/h7H,5H2,1-4H3,(H,12,13)/t7-/m0/s1. The van der Waals surface area contributed by atoms with Gasteiger partial charge in [-0.05, 0) is 27.7 Å². The van der Waals surface area contributed by atoms with E-state index in [1.807, 2.05) is 0 Å². The molecule has 0 saturated carbocycles. The number of carbonyl (C=O) groups excluding carboxylic acids is 2. The summed E-state index contributed by atoms with van der Waals surface area (Å²) in [5.74, 6) is -0.982. The van der Waals surface area contributed by atoms with E-state index in [1.54, 1.807) is 26.8 Å². The van der Waals surface area contributed by atoms with Crippen molar-refractivity contribution in [2.75, 3.05) is 0 Å². The molecule has 0 aromatic heterocycles. The molecular weight excluding hydrogens is 196 g/mol. The first kappa shape index (κ1) is 13.4. The van der Waals surface area contributed by atoms with Gasteiger partial charge in [-0.1, -0.05) is 0 Å². The third-order valence-corrected chi connectivity index (χ3v) is 1.38. The molecule has 5 heteroatoms. The topological polar surface area (TPSA) is 79.2 Å². The van der Waals surface area contributed by atoms with Crippen molar-refractivity contribution in [2.45, 2.75) is 45.8 Å². The normalized spacial score (nSPS) is 12.5. The van der Waals surface area contributed by atoms with Crippen LogP contribution in [0.5, 0.6) is 0 Å². The number of nitriles is 1. The number of ether oxygens (including phenoxy) is 1. The molecule has 0 heterocycles. The summed E-state index contributed by atoms with van der Waals surface area (Å²) < 4.78 is 5.04. The molecule has 0 rings (SSSR count). The number of carbonyl (C=O) groups is 2. The van der Waals surface area contributed by atoms with Crippen molar-refractivity contribution in [3.8, 4) is 6.07 Å². The van der Waals surface area contributed by atoms with E-state index in [1.165, 1.54) is 6.92 Å². The predicted octanol–water partition coefficient (Wildman–Crippen LogP) is 0.746. The van der Waals surface area contributed by atoms with Crippen LogP contribution in [0.4, 0.5) is 0 Å². The first-order valence-electron chi connectivity index (χ1n) is 4.65. The van der Waals surface area contributed by atoms with Crippen LogP contribution in [0.25, 0.3) is 0 Å². The van der Waals surface area contributed by atoms with Crippen molar-refractivity contribution in [3.63, 3.8) is 0 Å². The third kappa shape index (κ3) is 6.49. The number of esters is 1. The highest BCUT2D eigenvalue weighted by Gasteiger charge is 2.22. The lowest BCUT2D eigenvalue weighted by molar-refractivity contribution is -0.158. The summed E-state index contributed by atoms with van der Waals surface area (Å²) in [7, 11) is 0. The fourth-order valence-electron chi connectivity index (χ4n) is 0.813. The van der Waals surface area contributed by atoms with Crippen molar-refractivity contribution in [1.29, 1.82) is 5.26 Å². The molecule has 0 saturated heterocycles. The molecule has 0 aromatic rings. The second kappa shape index (κ2) is 5.35. The average molecular weight is 212 g/mol. The van der Waals surface area contributed by atoms with Gasteiger partial charge in [-0.25, -0.2) is 4.79 Å². The first-order chi connectivity index (χ1) is 6.76. The molecule has 0 aliphatic heterocycles. The zero-order valence-corrected chi connectivity index (χ0v) is 9.46.